The van der Waals surface area contributed by atoms with Crippen LogP contribution in [0, 0.1) is 0 Å². The summed E-state index contributed by atoms with van der Waals surface area (Å²) in [5, 5.41) is 3.97. The van der Waals surface area contributed by atoms with Gasteiger partial charge in [0.25, 0.3) is 0 Å². The Hall–Kier alpha value is -2.64. The summed E-state index contributed by atoms with van der Waals surface area (Å²) >= 11 is 0. The molecule has 2 heterocycles. The normalized spacial score (nSPS) is 15.4. The smallest absolute Gasteiger partial charge is 0.243 e. The summed E-state index contributed by atoms with van der Waals surface area (Å²) in [6, 6.07) is 14.6. The van der Waals surface area contributed by atoms with Crippen LogP contribution in [0.15, 0.2) is 59.6 Å². The molecule has 0 spiro atoms. The summed E-state index contributed by atoms with van der Waals surface area (Å²) in [5.41, 5.74) is 2.74. The Labute approximate surface area is 171 Å². The third-order valence-electron chi connectivity index (χ3n) is 5.35. The minimum Gasteiger partial charge on any atom is -0.361 e. The molecule has 2 aromatic carbocycles. The van der Waals surface area contributed by atoms with E-state index in [4.69, 9.17) is 0 Å². The number of carbonyl (C=O) groups is 1. The van der Waals surface area contributed by atoms with Gasteiger partial charge in [-0.25, -0.2) is 8.42 Å². The summed E-state index contributed by atoms with van der Waals surface area (Å²) in [6.45, 7) is 1.19. The number of carbonyl (C=O) groups excluding carboxylic acids is 1. The lowest BCUT2D eigenvalue weighted by Crippen LogP contribution is -2.35. The predicted octanol–water partition coefficient (Wildman–Crippen LogP) is 3.91. The molecule has 4 rings (SSSR count). The molecule has 0 aliphatic carbocycles. The van der Waals surface area contributed by atoms with Crippen LogP contribution in [0.4, 0.5) is 5.69 Å². The van der Waals surface area contributed by atoms with Crippen LogP contribution in [0.25, 0.3) is 10.9 Å². The number of fused-ring (bicyclic) bond motifs is 1. The molecule has 1 aliphatic heterocycles. The van der Waals surface area contributed by atoms with E-state index < -0.39 is 10.0 Å². The van der Waals surface area contributed by atoms with Crippen molar-refractivity contribution >= 4 is 32.5 Å². The van der Waals surface area contributed by atoms with Crippen molar-refractivity contribution in [3.8, 4) is 0 Å². The number of amides is 1. The van der Waals surface area contributed by atoms with Gasteiger partial charge in [-0.3, -0.25) is 4.79 Å². The molecule has 0 atom stereocenters. The number of nitrogens with one attached hydrogen (secondary N) is 2. The first-order valence-corrected chi connectivity index (χ1v) is 11.4. The van der Waals surface area contributed by atoms with Crippen molar-refractivity contribution in [3.63, 3.8) is 0 Å². The zero-order valence-corrected chi connectivity index (χ0v) is 17.0. The summed E-state index contributed by atoms with van der Waals surface area (Å²) in [7, 11) is -3.41. The standard InChI is InChI=1S/C22H25N3O3S/c26-22(24-19-7-10-21-18(16-19)12-13-23-21)11-6-17-4-8-20(9-5-17)29(27,28)25-14-2-1-3-15-25/h4-5,7-10,12-13,16,23H,1-3,6,11,14-15H2,(H,24,26). The first-order valence-electron chi connectivity index (χ1n) is 9.98. The van der Waals surface area contributed by atoms with Crippen LogP contribution in [0.2, 0.25) is 0 Å². The molecular formula is C22H25N3O3S. The zero-order chi connectivity index (χ0) is 20.3. The lowest BCUT2D eigenvalue weighted by Gasteiger charge is -2.25. The molecular weight excluding hydrogens is 386 g/mol. The van der Waals surface area contributed by atoms with E-state index in [-0.39, 0.29) is 5.91 Å². The Morgan fingerprint density at radius 2 is 1.76 bits per heavy atom. The van der Waals surface area contributed by atoms with Crippen molar-refractivity contribution in [1.82, 2.24) is 9.29 Å². The Morgan fingerprint density at radius 1 is 1.00 bits per heavy atom. The van der Waals surface area contributed by atoms with Gasteiger partial charge in [0.05, 0.1) is 4.90 Å². The molecule has 152 valence electrons. The van der Waals surface area contributed by atoms with Gasteiger partial charge in [0, 0.05) is 42.3 Å². The van der Waals surface area contributed by atoms with Crippen LogP contribution in [0.3, 0.4) is 0 Å². The highest BCUT2D eigenvalue weighted by molar-refractivity contribution is 7.89. The maximum atomic E-state index is 12.7. The van der Waals surface area contributed by atoms with Crippen molar-refractivity contribution < 1.29 is 13.2 Å². The average Bonchev–Trinajstić information content (AvgIpc) is 3.21. The number of anilines is 1. The summed E-state index contributed by atoms with van der Waals surface area (Å²) in [5.74, 6) is -0.0649. The lowest BCUT2D eigenvalue weighted by atomic mass is 10.1. The highest BCUT2D eigenvalue weighted by Gasteiger charge is 2.25. The molecule has 1 aliphatic rings. The zero-order valence-electron chi connectivity index (χ0n) is 16.2. The number of aromatic nitrogens is 1. The third kappa shape index (κ3) is 4.52. The lowest BCUT2D eigenvalue weighted by molar-refractivity contribution is -0.116. The van der Waals surface area contributed by atoms with Gasteiger partial charge in [-0.15, -0.1) is 0 Å². The first kappa shape index (κ1) is 19.7. The van der Waals surface area contributed by atoms with Crippen molar-refractivity contribution in [2.24, 2.45) is 0 Å². The number of H-pyrrole nitrogens is 1. The van der Waals surface area contributed by atoms with Crippen LogP contribution in [-0.2, 0) is 21.2 Å². The quantitative estimate of drug-likeness (QED) is 0.645. The minimum atomic E-state index is -3.41. The van der Waals surface area contributed by atoms with Gasteiger partial charge in [-0.05, 0) is 61.2 Å². The number of hydrogen-bond acceptors (Lipinski definition) is 3. The summed E-state index contributed by atoms with van der Waals surface area (Å²) in [4.78, 5) is 15.7. The van der Waals surface area contributed by atoms with Crippen LogP contribution < -0.4 is 5.32 Å². The van der Waals surface area contributed by atoms with Crippen molar-refractivity contribution in [2.75, 3.05) is 18.4 Å². The van der Waals surface area contributed by atoms with E-state index in [0.29, 0.717) is 30.8 Å². The molecule has 0 bridgehead atoms. The van der Waals surface area contributed by atoms with E-state index in [0.717, 1.165) is 41.4 Å². The van der Waals surface area contributed by atoms with Gasteiger partial charge in [0.1, 0.15) is 0 Å². The van der Waals surface area contributed by atoms with E-state index in [1.165, 1.54) is 0 Å². The molecule has 0 unspecified atom stereocenters. The monoisotopic (exact) mass is 411 g/mol. The van der Waals surface area contributed by atoms with E-state index >= 15 is 0 Å². The molecule has 1 amide bonds. The number of sulfonamides is 1. The molecule has 3 aromatic rings. The highest BCUT2D eigenvalue weighted by atomic mass is 32.2. The molecule has 0 radical (unpaired) electrons. The molecule has 1 fully saturated rings. The van der Waals surface area contributed by atoms with Crippen LogP contribution in [0.1, 0.15) is 31.2 Å². The van der Waals surface area contributed by atoms with Gasteiger partial charge in [-0.2, -0.15) is 4.31 Å². The fourth-order valence-electron chi connectivity index (χ4n) is 3.69. The van der Waals surface area contributed by atoms with Crippen molar-refractivity contribution in [3.05, 3.63) is 60.3 Å². The maximum absolute atomic E-state index is 12.7. The second kappa shape index (κ2) is 8.39. The Kier molecular flexibility index (Phi) is 5.69. The SMILES string of the molecule is O=C(CCc1ccc(S(=O)(=O)N2CCCCC2)cc1)Nc1ccc2[nH]ccc2c1. The second-order valence-corrected chi connectivity index (χ2v) is 9.37. The highest BCUT2D eigenvalue weighted by Crippen LogP contribution is 2.21. The summed E-state index contributed by atoms with van der Waals surface area (Å²) in [6.07, 6.45) is 5.69. The molecule has 2 N–H and O–H groups in total. The molecule has 29 heavy (non-hydrogen) atoms. The Balaban J connectivity index is 1.34. The number of aryl methyl sites for hydroxylation is 1. The second-order valence-electron chi connectivity index (χ2n) is 7.44. The van der Waals surface area contributed by atoms with E-state index in [1.807, 2.05) is 30.5 Å². The Bertz CT molecular complexity index is 1100. The van der Waals surface area contributed by atoms with Gasteiger partial charge >= 0.3 is 0 Å². The Morgan fingerprint density at radius 3 is 2.52 bits per heavy atom. The number of hydrogen-bond donors (Lipinski definition) is 2. The summed E-state index contributed by atoms with van der Waals surface area (Å²) < 4.78 is 27.0. The van der Waals surface area contributed by atoms with E-state index in [1.54, 1.807) is 28.6 Å². The van der Waals surface area contributed by atoms with Crippen molar-refractivity contribution in [1.29, 1.82) is 0 Å². The van der Waals surface area contributed by atoms with Gasteiger partial charge in [-0.1, -0.05) is 18.6 Å². The molecule has 1 aromatic heterocycles. The number of benzene rings is 2. The minimum absolute atomic E-state index is 0.0649. The van der Waals surface area contributed by atoms with Gasteiger partial charge in [0.15, 0.2) is 0 Å². The number of nitrogens with zero attached hydrogens (tertiary/aromatic N) is 1. The van der Waals surface area contributed by atoms with E-state index in [9.17, 15) is 13.2 Å². The number of rotatable bonds is 6. The predicted molar refractivity (Wildman–Crippen MR) is 114 cm³/mol. The number of piperidine rings is 1. The fourth-order valence-corrected chi connectivity index (χ4v) is 5.21. The average molecular weight is 412 g/mol. The molecule has 6 nitrogen and oxygen atoms in total. The van der Waals surface area contributed by atoms with Gasteiger partial charge in [0.2, 0.25) is 15.9 Å². The van der Waals surface area contributed by atoms with Crippen LogP contribution in [-0.4, -0.2) is 36.7 Å². The molecule has 7 heteroatoms. The van der Waals surface area contributed by atoms with E-state index in [2.05, 4.69) is 10.3 Å². The number of aromatic amines is 1. The third-order valence-corrected chi connectivity index (χ3v) is 7.27. The largest absolute Gasteiger partial charge is 0.361 e. The molecule has 1 saturated heterocycles. The van der Waals surface area contributed by atoms with Crippen LogP contribution in [0.5, 0.6) is 0 Å². The first-order chi connectivity index (χ1) is 14.0. The fraction of sp³-hybridized carbons (Fsp3) is 0.318. The maximum Gasteiger partial charge on any atom is 0.243 e. The van der Waals surface area contributed by atoms with Gasteiger partial charge < -0.3 is 10.3 Å². The van der Waals surface area contributed by atoms with Crippen LogP contribution >= 0.6 is 0 Å². The van der Waals surface area contributed by atoms with Crippen molar-refractivity contribution in [2.45, 2.75) is 37.0 Å². The topological polar surface area (TPSA) is 82.3 Å². The molecule has 0 saturated carbocycles.